The van der Waals surface area contributed by atoms with Crippen LogP contribution in [0.1, 0.15) is 13.8 Å². The maximum Gasteiger partial charge on any atom is 0.308 e. The molecule has 10 N–H and O–H groups in total. The van der Waals surface area contributed by atoms with Gasteiger partial charge in [-0.1, -0.05) is 0 Å². The van der Waals surface area contributed by atoms with Gasteiger partial charge >= 0.3 is 5.97 Å². The Hall–Kier alpha value is -3.62. The number of esters is 1. The number of hydrogen-bond acceptors (Lipinski definition) is 8. The van der Waals surface area contributed by atoms with Gasteiger partial charge in [0.25, 0.3) is 5.97 Å². The minimum absolute atomic E-state index is 0.140. The number of carboxylic acid groups (broad SMARTS) is 1. The second kappa shape index (κ2) is 10.2. The topological polar surface area (TPSA) is 188 Å². The quantitative estimate of drug-likeness (QED) is 0.191. The van der Waals surface area contributed by atoms with Crippen molar-refractivity contribution in [1.29, 1.82) is 0 Å². The summed E-state index contributed by atoms with van der Waals surface area (Å²) in [5.41, 5.74) is 23.4. The van der Waals surface area contributed by atoms with E-state index in [-0.39, 0.29) is 11.7 Å². The SMILES string of the molecule is CC(=O)O.CC(=O)Oc1ccc(N)c(N)c1.Nc1ccc(O)cc1N. The van der Waals surface area contributed by atoms with E-state index in [0.717, 1.165) is 6.92 Å². The lowest BCUT2D eigenvalue weighted by molar-refractivity contribution is -0.134. The zero-order valence-electron chi connectivity index (χ0n) is 13.9. The van der Waals surface area contributed by atoms with Gasteiger partial charge < -0.3 is 37.9 Å². The molecule has 0 saturated carbocycles. The Morgan fingerprint density at radius 2 is 1.28 bits per heavy atom. The molecule has 0 fully saturated rings. The molecule has 0 saturated heterocycles. The van der Waals surface area contributed by atoms with Crippen LogP contribution in [0, 0.1) is 0 Å². The van der Waals surface area contributed by atoms with Gasteiger partial charge in [0.2, 0.25) is 0 Å². The first-order valence-electron chi connectivity index (χ1n) is 6.89. The molecular weight excluding hydrogens is 328 g/mol. The van der Waals surface area contributed by atoms with E-state index < -0.39 is 5.97 Å². The van der Waals surface area contributed by atoms with Gasteiger partial charge in [0.1, 0.15) is 11.5 Å². The third-order valence-corrected chi connectivity index (χ3v) is 2.39. The van der Waals surface area contributed by atoms with Crippen LogP contribution in [-0.2, 0) is 9.59 Å². The molecule has 0 unspecified atom stereocenters. The van der Waals surface area contributed by atoms with E-state index in [0.29, 0.717) is 28.5 Å². The number of carboxylic acids is 1. The fraction of sp³-hybridized carbons (Fsp3) is 0.125. The van der Waals surface area contributed by atoms with Crippen LogP contribution >= 0.6 is 0 Å². The Labute approximate surface area is 144 Å². The highest BCUT2D eigenvalue weighted by Crippen LogP contribution is 2.21. The van der Waals surface area contributed by atoms with Crippen LogP contribution in [0.3, 0.4) is 0 Å². The van der Waals surface area contributed by atoms with E-state index in [1.165, 1.54) is 25.1 Å². The summed E-state index contributed by atoms with van der Waals surface area (Å²) in [6.45, 7) is 2.41. The van der Waals surface area contributed by atoms with E-state index >= 15 is 0 Å². The molecule has 0 atom stereocenters. The molecule has 0 aromatic heterocycles. The summed E-state index contributed by atoms with van der Waals surface area (Å²) < 4.78 is 4.78. The zero-order chi connectivity index (χ0) is 19.6. The van der Waals surface area contributed by atoms with Crippen molar-refractivity contribution in [3.05, 3.63) is 36.4 Å². The van der Waals surface area contributed by atoms with Crippen molar-refractivity contribution in [1.82, 2.24) is 0 Å². The molecule has 0 aliphatic heterocycles. The second-order valence-electron chi connectivity index (χ2n) is 4.72. The summed E-state index contributed by atoms with van der Waals surface area (Å²) >= 11 is 0. The molecule has 2 rings (SSSR count). The van der Waals surface area contributed by atoms with Crippen molar-refractivity contribution >= 4 is 34.7 Å². The second-order valence-corrected chi connectivity index (χ2v) is 4.72. The largest absolute Gasteiger partial charge is 0.508 e. The summed E-state index contributed by atoms with van der Waals surface area (Å²) in [7, 11) is 0. The van der Waals surface area contributed by atoms with E-state index in [2.05, 4.69) is 0 Å². The number of carbonyl (C=O) groups is 2. The molecule has 0 bridgehead atoms. The van der Waals surface area contributed by atoms with Crippen LogP contribution in [0.2, 0.25) is 0 Å². The number of phenolic OH excluding ortho intramolecular Hbond substituents is 1. The summed E-state index contributed by atoms with van der Waals surface area (Å²) in [6, 6.07) is 9.16. The van der Waals surface area contributed by atoms with Crippen LogP contribution in [0.5, 0.6) is 11.5 Å². The minimum Gasteiger partial charge on any atom is -0.508 e. The lowest BCUT2D eigenvalue weighted by atomic mass is 10.2. The number of aromatic hydroxyl groups is 1. The highest BCUT2D eigenvalue weighted by Gasteiger charge is 2.00. The number of benzene rings is 2. The van der Waals surface area contributed by atoms with Crippen LogP contribution in [-0.4, -0.2) is 22.2 Å². The third-order valence-electron chi connectivity index (χ3n) is 2.39. The van der Waals surface area contributed by atoms with Crippen molar-refractivity contribution in [2.75, 3.05) is 22.9 Å². The number of rotatable bonds is 1. The number of nitrogen functional groups attached to an aromatic ring is 4. The number of ether oxygens (including phenoxy) is 1. The van der Waals surface area contributed by atoms with Gasteiger partial charge in [0, 0.05) is 26.0 Å². The molecule has 9 heteroatoms. The Kier molecular flexibility index (Phi) is 8.73. The van der Waals surface area contributed by atoms with Crippen molar-refractivity contribution in [3.8, 4) is 11.5 Å². The van der Waals surface area contributed by atoms with Gasteiger partial charge in [0.15, 0.2) is 0 Å². The summed E-state index contributed by atoms with van der Waals surface area (Å²) in [5, 5.41) is 16.2. The predicted molar refractivity (Wildman–Crippen MR) is 96.8 cm³/mol. The summed E-state index contributed by atoms with van der Waals surface area (Å²) in [5.74, 6) is -0.657. The van der Waals surface area contributed by atoms with Gasteiger partial charge in [-0.2, -0.15) is 0 Å². The van der Waals surface area contributed by atoms with Crippen LogP contribution in [0.25, 0.3) is 0 Å². The average molecular weight is 350 g/mol. The highest BCUT2D eigenvalue weighted by molar-refractivity contribution is 5.72. The number of carbonyl (C=O) groups excluding carboxylic acids is 1. The molecular formula is C16H22N4O5. The molecule has 0 amide bonds. The molecule has 0 heterocycles. The van der Waals surface area contributed by atoms with Gasteiger partial charge in [-0.15, -0.1) is 0 Å². The van der Waals surface area contributed by atoms with Crippen LogP contribution in [0.15, 0.2) is 36.4 Å². The predicted octanol–water partition coefficient (Wildman–Crippen LogP) is 1.42. The molecule has 2 aromatic carbocycles. The number of anilines is 4. The molecule has 0 aliphatic rings. The third kappa shape index (κ3) is 9.89. The Morgan fingerprint density at radius 1 is 0.840 bits per heavy atom. The lowest BCUT2D eigenvalue weighted by Gasteiger charge is -2.03. The Balaban J connectivity index is 0.000000391. The van der Waals surface area contributed by atoms with Gasteiger partial charge in [0.05, 0.1) is 22.7 Å². The average Bonchev–Trinajstić information content (AvgIpc) is 2.47. The number of hydrogen-bond donors (Lipinski definition) is 6. The van der Waals surface area contributed by atoms with E-state index in [1.807, 2.05) is 0 Å². The fourth-order valence-corrected chi connectivity index (χ4v) is 1.34. The normalized spacial score (nSPS) is 8.88. The molecule has 9 nitrogen and oxygen atoms in total. The van der Waals surface area contributed by atoms with E-state index in [9.17, 15) is 4.79 Å². The molecule has 0 radical (unpaired) electrons. The molecule has 0 spiro atoms. The number of phenols is 1. The molecule has 2 aromatic rings. The molecule has 136 valence electrons. The smallest absolute Gasteiger partial charge is 0.308 e. The van der Waals surface area contributed by atoms with Crippen LogP contribution in [0.4, 0.5) is 22.7 Å². The molecule has 0 aliphatic carbocycles. The first-order chi connectivity index (χ1) is 11.5. The highest BCUT2D eigenvalue weighted by atomic mass is 16.5. The first-order valence-corrected chi connectivity index (χ1v) is 6.89. The van der Waals surface area contributed by atoms with Gasteiger partial charge in [-0.25, -0.2) is 0 Å². The Morgan fingerprint density at radius 3 is 1.64 bits per heavy atom. The van der Waals surface area contributed by atoms with Gasteiger partial charge in [-0.3, -0.25) is 9.59 Å². The minimum atomic E-state index is -0.833. The van der Waals surface area contributed by atoms with E-state index in [1.54, 1.807) is 18.2 Å². The Bertz CT molecular complexity index is 730. The van der Waals surface area contributed by atoms with Crippen LogP contribution < -0.4 is 27.7 Å². The van der Waals surface area contributed by atoms with Crippen molar-refractivity contribution in [3.63, 3.8) is 0 Å². The summed E-state index contributed by atoms with van der Waals surface area (Å²) in [4.78, 5) is 19.5. The van der Waals surface area contributed by atoms with Crippen molar-refractivity contribution in [2.45, 2.75) is 13.8 Å². The standard InChI is InChI=1S/C8H10N2O2.C6H8N2O.C2H4O2/c1-5(11)12-6-2-3-7(9)8(10)4-6;7-5-2-1-4(9)3-6(5)8;1-2(3)4/h2-4H,9-10H2,1H3;1-3,9H,7-8H2;1H3,(H,3,4). The van der Waals surface area contributed by atoms with Crippen molar-refractivity contribution in [2.24, 2.45) is 0 Å². The van der Waals surface area contributed by atoms with Crippen molar-refractivity contribution < 1.29 is 24.5 Å². The van der Waals surface area contributed by atoms with E-state index in [4.69, 9.17) is 42.7 Å². The maximum absolute atomic E-state index is 10.5. The summed E-state index contributed by atoms with van der Waals surface area (Å²) in [6.07, 6.45) is 0. The monoisotopic (exact) mass is 350 g/mol. The van der Waals surface area contributed by atoms with Gasteiger partial charge in [-0.05, 0) is 24.3 Å². The first kappa shape index (κ1) is 21.4. The number of aliphatic carboxylic acids is 1. The lowest BCUT2D eigenvalue weighted by Crippen LogP contribution is -2.02. The fourth-order valence-electron chi connectivity index (χ4n) is 1.34. The maximum atomic E-state index is 10.5. The molecule has 25 heavy (non-hydrogen) atoms. The zero-order valence-corrected chi connectivity index (χ0v) is 13.9. The number of nitrogens with two attached hydrogens (primary N) is 4.